The summed E-state index contributed by atoms with van der Waals surface area (Å²) in [7, 11) is 1.80. The summed E-state index contributed by atoms with van der Waals surface area (Å²) in [5.74, 6) is 2.94. The molecular formula is C15H29NO. The van der Waals surface area contributed by atoms with Gasteiger partial charge in [-0.05, 0) is 23.2 Å². The molecule has 1 saturated heterocycles. The molecule has 0 N–H and O–H groups in total. The summed E-state index contributed by atoms with van der Waals surface area (Å²) in [6.45, 7) is 16.5. The first-order valence-corrected chi connectivity index (χ1v) is 6.96. The van der Waals surface area contributed by atoms with Crippen LogP contribution in [0.2, 0.25) is 0 Å². The minimum Gasteiger partial charge on any atom is -0.384 e. The first kappa shape index (κ1) is 13.4. The predicted octanol–water partition coefficient (Wildman–Crippen LogP) is 2.88. The van der Waals surface area contributed by atoms with Crippen molar-refractivity contribution in [1.29, 1.82) is 0 Å². The van der Waals surface area contributed by atoms with Crippen molar-refractivity contribution in [2.24, 2.45) is 28.6 Å². The summed E-state index contributed by atoms with van der Waals surface area (Å²) >= 11 is 0. The molecule has 0 aromatic heterocycles. The fraction of sp³-hybridized carbons (Fsp3) is 1.00. The Morgan fingerprint density at radius 3 is 2.00 bits per heavy atom. The molecule has 1 saturated carbocycles. The lowest BCUT2D eigenvalue weighted by Gasteiger charge is -2.32. The van der Waals surface area contributed by atoms with Crippen LogP contribution in [0.1, 0.15) is 34.6 Å². The average Bonchev–Trinajstić information content (AvgIpc) is 2.64. The molecule has 100 valence electrons. The smallest absolute Gasteiger partial charge is 0.0525 e. The van der Waals surface area contributed by atoms with E-state index in [1.165, 1.54) is 19.6 Å². The van der Waals surface area contributed by atoms with Gasteiger partial charge in [0, 0.05) is 32.2 Å². The largest absolute Gasteiger partial charge is 0.384 e. The summed E-state index contributed by atoms with van der Waals surface area (Å²) < 4.78 is 5.30. The molecule has 1 aliphatic heterocycles. The van der Waals surface area contributed by atoms with Crippen LogP contribution in [0.3, 0.4) is 0 Å². The summed E-state index contributed by atoms with van der Waals surface area (Å²) in [4.78, 5) is 2.65. The van der Waals surface area contributed by atoms with E-state index in [1.807, 2.05) is 0 Å². The molecule has 17 heavy (non-hydrogen) atoms. The number of fused-ring (bicyclic) bond motifs is 1. The Labute approximate surface area is 107 Å². The van der Waals surface area contributed by atoms with E-state index < -0.39 is 0 Å². The summed E-state index contributed by atoms with van der Waals surface area (Å²) in [6.07, 6.45) is 0. The minimum atomic E-state index is 0.294. The highest BCUT2D eigenvalue weighted by Gasteiger charge is 2.59. The Bertz CT molecular complexity index is 267. The molecule has 1 aliphatic carbocycles. The lowest BCUT2D eigenvalue weighted by atomic mass is 9.86. The first-order chi connectivity index (χ1) is 7.74. The maximum atomic E-state index is 5.30. The van der Waals surface area contributed by atoms with Gasteiger partial charge in [-0.1, -0.05) is 34.6 Å². The molecule has 2 aliphatic rings. The highest BCUT2D eigenvalue weighted by molar-refractivity contribution is 5.09. The van der Waals surface area contributed by atoms with Crippen molar-refractivity contribution >= 4 is 0 Å². The molecule has 2 fully saturated rings. The van der Waals surface area contributed by atoms with Crippen molar-refractivity contribution in [3.63, 3.8) is 0 Å². The number of piperidine rings is 1. The molecule has 0 aromatic rings. The zero-order valence-electron chi connectivity index (χ0n) is 12.4. The van der Waals surface area contributed by atoms with Gasteiger partial charge in [0.25, 0.3) is 0 Å². The van der Waals surface area contributed by atoms with E-state index in [0.717, 1.165) is 24.4 Å². The highest BCUT2D eigenvalue weighted by atomic mass is 16.5. The molecule has 2 heteroatoms. The van der Waals surface area contributed by atoms with Crippen LogP contribution in [0.4, 0.5) is 0 Å². The molecule has 0 bridgehead atoms. The van der Waals surface area contributed by atoms with Crippen LogP contribution < -0.4 is 0 Å². The average molecular weight is 239 g/mol. The summed E-state index contributed by atoms with van der Waals surface area (Å²) in [5.41, 5.74) is 0.812. The van der Waals surface area contributed by atoms with Crippen LogP contribution in [-0.4, -0.2) is 38.3 Å². The lowest BCUT2D eigenvalue weighted by molar-refractivity contribution is 0.0695. The Balaban J connectivity index is 1.80. The number of rotatable bonds is 4. The van der Waals surface area contributed by atoms with Gasteiger partial charge in [-0.25, -0.2) is 0 Å². The van der Waals surface area contributed by atoms with Crippen LogP contribution in [0.15, 0.2) is 0 Å². The van der Waals surface area contributed by atoms with Gasteiger partial charge in [-0.15, -0.1) is 0 Å². The maximum absolute atomic E-state index is 5.30. The molecule has 2 unspecified atom stereocenters. The number of likely N-dealkylation sites (tertiary alicyclic amines) is 1. The molecule has 0 spiro atoms. The molecule has 3 atom stereocenters. The molecule has 0 aromatic carbocycles. The van der Waals surface area contributed by atoms with E-state index in [2.05, 4.69) is 39.5 Å². The topological polar surface area (TPSA) is 12.5 Å². The van der Waals surface area contributed by atoms with Gasteiger partial charge in [0.2, 0.25) is 0 Å². The second kappa shape index (κ2) is 4.24. The van der Waals surface area contributed by atoms with Crippen LogP contribution in [-0.2, 0) is 4.74 Å². The number of ether oxygens (including phenoxy) is 1. The molecule has 2 nitrogen and oxygen atoms in total. The molecule has 2 rings (SSSR count). The molecule has 0 amide bonds. The summed E-state index contributed by atoms with van der Waals surface area (Å²) in [5, 5.41) is 0. The third-order valence-corrected chi connectivity index (χ3v) is 4.46. The van der Waals surface area contributed by atoms with Crippen molar-refractivity contribution in [3.05, 3.63) is 0 Å². The third kappa shape index (κ3) is 2.85. The van der Waals surface area contributed by atoms with Gasteiger partial charge in [-0.3, -0.25) is 0 Å². The number of hydrogen-bond acceptors (Lipinski definition) is 2. The van der Waals surface area contributed by atoms with E-state index in [0.29, 0.717) is 10.8 Å². The second-order valence-corrected chi connectivity index (χ2v) is 8.01. The van der Waals surface area contributed by atoms with Crippen LogP contribution in [0.5, 0.6) is 0 Å². The van der Waals surface area contributed by atoms with Crippen LogP contribution >= 0.6 is 0 Å². The van der Waals surface area contributed by atoms with Gasteiger partial charge in [0.1, 0.15) is 0 Å². The molecule has 0 radical (unpaired) electrons. The van der Waals surface area contributed by atoms with E-state index in [9.17, 15) is 0 Å². The Morgan fingerprint density at radius 1 is 1.06 bits per heavy atom. The number of methoxy groups -OCH3 is 1. The minimum absolute atomic E-state index is 0.294. The quantitative estimate of drug-likeness (QED) is 0.748. The fourth-order valence-corrected chi connectivity index (χ4v) is 4.07. The van der Waals surface area contributed by atoms with Crippen molar-refractivity contribution < 1.29 is 4.74 Å². The van der Waals surface area contributed by atoms with Gasteiger partial charge in [0.05, 0.1) is 6.61 Å². The zero-order chi connectivity index (χ0) is 12.8. The second-order valence-electron chi connectivity index (χ2n) is 8.01. The Morgan fingerprint density at radius 2 is 1.59 bits per heavy atom. The van der Waals surface area contributed by atoms with Crippen molar-refractivity contribution in [2.45, 2.75) is 34.6 Å². The van der Waals surface area contributed by atoms with E-state index in [-0.39, 0.29) is 0 Å². The summed E-state index contributed by atoms with van der Waals surface area (Å²) in [6, 6.07) is 0. The Kier molecular flexibility index (Phi) is 3.33. The van der Waals surface area contributed by atoms with E-state index in [4.69, 9.17) is 4.74 Å². The van der Waals surface area contributed by atoms with Crippen LogP contribution in [0, 0.1) is 28.6 Å². The zero-order valence-corrected chi connectivity index (χ0v) is 12.4. The predicted molar refractivity (Wildman–Crippen MR) is 72.0 cm³/mol. The number of hydrogen-bond donors (Lipinski definition) is 0. The normalized spacial score (nSPS) is 33.9. The maximum Gasteiger partial charge on any atom is 0.0525 e. The fourth-order valence-electron chi connectivity index (χ4n) is 4.07. The third-order valence-electron chi connectivity index (χ3n) is 4.46. The van der Waals surface area contributed by atoms with Crippen LogP contribution in [0.25, 0.3) is 0 Å². The SMILES string of the molecule is COCC(C)(C)CN1CC2C(C(C)(C)C)[C@@H]2C1. The Hall–Kier alpha value is -0.0800. The standard InChI is InChI=1S/C15H29NO/c1-14(2,3)13-11-7-16(8-12(11)13)9-15(4,5)10-17-6/h11-13H,7-10H2,1-6H3/t11-,12?,13?/m1/s1. The molecular weight excluding hydrogens is 210 g/mol. The van der Waals surface area contributed by atoms with Gasteiger partial charge >= 0.3 is 0 Å². The monoisotopic (exact) mass is 239 g/mol. The van der Waals surface area contributed by atoms with Gasteiger partial charge in [-0.2, -0.15) is 0 Å². The molecule has 1 heterocycles. The van der Waals surface area contributed by atoms with Crippen molar-refractivity contribution in [3.8, 4) is 0 Å². The first-order valence-electron chi connectivity index (χ1n) is 6.96. The van der Waals surface area contributed by atoms with E-state index >= 15 is 0 Å². The van der Waals surface area contributed by atoms with Crippen molar-refractivity contribution in [2.75, 3.05) is 33.4 Å². The number of nitrogens with zero attached hydrogens (tertiary/aromatic N) is 1. The highest BCUT2D eigenvalue weighted by Crippen LogP contribution is 2.59. The van der Waals surface area contributed by atoms with Crippen molar-refractivity contribution in [1.82, 2.24) is 4.90 Å². The lowest BCUT2D eigenvalue weighted by Crippen LogP contribution is -2.38. The van der Waals surface area contributed by atoms with E-state index in [1.54, 1.807) is 7.11 Å². The van der Waals surface area contributed by atoms with Gasteiger partial charge in [0.15, 0.2) is 0 Å². The van der Waals surface area contributed by atoms with Gasteiger partial charge < -0.3 is 9.64 Å².